The summed E-state index contributed by atoms with van der Waals surface area (Å²) in [6.45, 7) is 3.75. The molecule has 0 bridgehead atoms. The Hall–Kier alpha value is -2.20. The van der Waals surface area contributed by atoms with E-state index in [1.165, 1.54) is 38.5 Å². The first-order valence-corrected chi connectivity index (χ1v) is 10.1. The normalized spacial score (nSPS) is 15.5. The van der Waals surface area contributed by atoms with Crippen LogP contribution in [0.1, 0.15) is 49.7 Å². The maximum atomic E-state index is 14.8. The van der Waals surface area contributed by atoms with E-state index in [0.29, 0.717) is 5.56 Å². The molecule has 3 nitrogen and oxygen atoms in total. The van der Waals surface area contributed by atoms with Gasteiger partial charge in [-0.3, -0.25) is 0 Å². The van der Waals surface area contributed by atoms with Crippen LogP contribution in [-0.4, -0.2) is 16.5 Å². The van der Waals surface area contributed by atoms with Crippen molar-refractivity contribution in [3.8, 4) is 11.1 Å². The van der Waals surface area contributed by atoms with Gasteiger partial charge in [-0.2, -0.15) is 0 Å². The summed E-state index contributed by atoms with van der Waals surface area (Å²) in [6, 6.07) is 9.57. The lowest BCUT2D eigenvalue weighted by molar-refractivity contribution is 0.334. The molecular weight excluding hydrogens is 337 g/mol. The van der Waals surface area contributed by atoms with Gasteiger partial charge >= 0.3 is 0 Å². The lowest BCUT2D eigenvalue weighted by Gasteiger charge is -2.21. The molecule has 0 atom stereocenters. The largest absolute Gasteiger partial charge is 0.345 e. The molecular formula is C23H28FN3. The number of aromatic nitrogens is 2. The fourth-order valence-corrected chi connectivity index (χ4v) is 4.28. The molecule has 1 fully saturated rings. The monoisotopic (exact) mass is 365 g/mol. The number of fused-ring (bicyclic) bond motifs is 1. The molecule has 0 radical (unpaired) electrons. The van der Waals surface area contributed by atoms with Crippen LogP contribution in [0.25, 0.3) is 22.2 Å². The molecule has 0 aliphatic heterocycles. The van der Waals surface area contributed by atoms with Gasteiger partial charge < -0.3 is 10.3 Å². The molecule has 0 spiro atoms. The van der Waals surface area contributed by atoms with Crippen molar-refractivity contribution in [3.05, 3.63) is 53.6 Å². The van der Waals surface area contributed by atoms with Crippen LogP contribution in [0, 0.1) is 18.7 Å². The number of rotatable bonds is 6. The summed E-state index contributed by atoms with van der Waals surface area (Å²) >= 11 is 0. The van der Waals surface area contributed by atoms with Gasteiger partial charge in [-0.15, -0.1) is 0 Å². The molecule has 0 amide bonds. The summed E-state index contributed by atoms with van der Waals surface area (Å²) in [5.41, 5.74) is 5.44. The molecule has 1 saturated carbocycles. The summed E-state index contributed by atoms with van der Waals surface area (Å²) < 4.78 is 14.8. The molecule has 1 aromatic heterocycles. The molecule has 2 aromatic carbocycles. The quantitative estimate of drug-likeness (QED) is 0.547. The van der Waals surface area contributed by atoms with Crippen molar-refractivity contribution in [3.63, 3.8) is 0 Å². The summed E-state index contributed by atoms with van der Waals surface area (Å²) in [4.78, 5) is 7.40. The molecule has 4 rings (SSSR count). The van der Waals surface area contributed by atoms with Gasteiger partial charge in [0.2, 0.25) is 0 Å². The molecule has 1 aliphatic carbocycles. The van der Waals surface area contributed by atoms with Crippen molar-refractivity contribution < 1.29 is 4.39 Å². The zero-order valence-electron chi connectivity index (χ0n) is 16.0. The number of nitrogens with zero attached hydrogens (tertiary/aromatic N) is 1. The van der Waals surface area contributed by atoms with Gasteiger partial charge in [0.05, 0.1) is 17.4 Å². The average molecular weight is 365 g/mol. The molecule has 4 heteroatoms. The Balaban J connectivity index is 1.40. The van der Waals surface area contributed by atoms with Crippen LogP contribution in [-0.2, 0) is 6.54 Å². The highest BCUT2D eigenvalue weighted by molar-refractivity contribution is 5.84. The smallest absolute Gasteiger partial charge is 0.131 e. The van der Waals surface area contributed by atoms with Crippen LogP contribution >= 0.6 is 0 Å². The number of hydrogen-bond acceptors (Lipinski definition) is 2. The predicted octanol–water partition coefficient (Wildman–Crippen LogP) is 5.74. The van der Waals surface area contributed by atoms with E-state index in [1.54, 1.807) is 12.4 Å². The first-order chi connectivity index (χ1) is 13.2. The van der Waals surface area contributed by atoms with E-state index in [2.05, 4.69) is 15.3 Å². The molecule has 3 aromatic rings. The van der Waals surface area contributed by atoms with Crippen molar-refractivity contribution in [2.45, 2.75) is 52.0 Å². The van der Waals surface area contributed by atoms with Crippen molar-refractivity contribution in [1.82, 2.24) is 15.3 Å². The molecule has 0 saturated heterocycles. The summed E-state index contributed by atoms with van der Waals surface area (Å²) in [5, 5.41) is 3.49. The highest BCUT2D eigenvalue weighted by Gasteiger charge is 2.13. The summed E-state index contributed by atoms with van der Waals surface area (Å²) in [6.07, 6.45) is 9.86. The Labute approximate surface area is 160 Å². The van der Waals surface area contributed by atoms with Crippen molar-refractivity contribution in [1.29, 1.82) is 0 Å². The van der Waals surface area contributed by atoms with Crippen molar-refractivity contribution in [2.75, 3.05) is 6.54 Å². The second kappa shape index (κ2) is 8.22. The van der Waals surface area contributed by atoms with Crippen molar-refractivity contribution in [2.24, 2.45) is 5.92 Å². The fraction of sp³-hybridized carbons (Fsp3) is 0.435. The van der Waals surface area contributed by atoms with Crippen LogP contribution in [0.4, 0.5) is 4.39 Å². The number of halogens is 1. The minimum absolute atomic E-state index is 0.167. The van der Waals surface area contributed by atoms with Gasteiger partial charge in [0.15, 0.2) is 0 Å². The molecule has 142 valence electrons. The minimum Gasteiger partial charge on any atom is -0.345 e. The number of hydrogen-bond donors (Lipinski definition) is 2. The van der Waals surface area contributed by atoms with Crippen molar-refractivity contribution >= 4 is 11.0 Å². The Morgan fingerprint density at radius 3 is 2.78 bits per heavy atom. The maximum absolute atomic E-state index is 14.8. The van der Waals surface area contributed by atoms with Gasteiger partial charge in [0, 0.05) is 12.1 Å². The van der Waals surface area contributed by atoms with E-state index in [0.717, 1.165) is 46.7 Å². The molecule has 2 N–H and O–H groups in total. The van der Waals surface area contributed by atoms with Gasteiger partial charge in [-0.1, -0.05) is 44.2 Å². The van der Waals surface area contributed by atoms with E-state index in [4.69, 9.17) is 0 Å². The number of H-pyrrole nitrogens is 1. The number of imidazole rings is 1. The average Bonchev–Trinajstić information content (AvgIpc) is 3.13. The molecule has 27 heavy (non-hydrogen) atoms. The van der Waals surface area contributed by atoms with Gasteiger partial charge in [0.1, 0.15) is 5.82 Å². The van der Waals surface area contributed by atoms with Crippen LogP contribution in [0.3, 0.4) is 0 Å². The second-order valence-corrected chi connectivity index (χ2v) is 7.87. The third kappa shape index (κ3) is 4.22. The second-order valence-electron chi connectivity index (χ2n) is 7.87. The first-order valence-electron chi connectivity index (χ1n) is 10.1. The first kappa shape index (κ1) is 18.2. The Morgan fingerprint density at radius 1 is 1.11 bits per heavy atom. The number of benzene rings is 2. The topological polar surface area (TPSA) is 40.7 Å². The number of nitrogens with one attached hydrogen (secondary N) is 2. The SMILES string of the molecule is Cc1cc2[nH]cnc2cc1-c1ccc(CNCCC2CCCCC2)cc1F. The Morgan fingerprint density at radius 2 is 1.96 bits per heavy atom. The fourth-order valence-electron chi connectivity index (χ4n) is 4.28. The van der Waals surface area contributed by atoms with E-state index < -0.39 is 0 Å². The Bertz CT molecular complexity index is 909. The van der Waals surface area contributed by atoms with Gasteiger partial charge in [0.25, 0.3) is 0 Å². The highest BCUT2D eigenvalue weighted by Crippen LogP contribution is 2.30. The highest BCUT2D eigenvalue weighted by atomic mass is 19.1. The molecule has 0 unspecified atom stereocenters. The van der Waals surface area contributed by atoms with E-state index in [9.17, 15) is 4.39 Å². The third-order valence-electron chi connectivity index (χ3n) is 5.87. The zero-order chi connectivity index (χ0) is 18.6. The van der Waals surface area contributed by atoms with Crippen LogP contribution in [0.15, 0.2) is 36.7 Å². The standard InChI is InChI=1S/C23H28FN3/c1-16-11-22-23(27-15-26-22)13-20(16)19-8-7-18(12-21(19)24)14-25-10-9-17-5-3-2-4-6-17/h7-8,11-13,15,17,25H,2-6,9-10,14H2,1H3,(H,26,27). The predicted molar refractivity (Wildman–Crippen MR) is 109 cm³/mol. The molecule has 1 aliphatic rings. The van der Waals surface area contributed by atoms with E-state index in [-0.39, 0.29) is 5.82 Å². The van der Waals surface area contributed by atoms with E-state index >= 15 is 0 Å². The number of aromatic amines is 1. The minimum atomic E-state index is -0.167. The summed E-state index contributed by atoms with van der Waals surface area (Å²) in [5.74, 6) is 0.713. The lowest BCUT2D eigenvalue weighted by Crippen LogP contribution is -2.19. The molecule has 1 heterocycles. The number of aryl methyl sites for hydroxylation is 1. The summed E-state index contributed by atoms with van der Waals surface area (Å²) in [7, 11) is 0. The zero-order valence-corrected chi connectivity index (χ0v) is 16.0. The van der Waals surface area contributed by atoms with Crippen LogP contribution < -0.4 is 5.32 Å². The lowest BCUT2D eigenvalue weighted by atomic mass is 9.87. The van der Waals surface area contributed by atoms with Gasteiger partial charge in [-0.25, -0.2) is 9.37 Å². The maximum Gasteiger partial charge on any atom is 0.131 e. The van der Waals surface area contributed by atoms with Crippen LogP contribution in [0.5, 0.6) is 0 Å². The Kier molecular flexibility index (Phi) is 5.53. The van der Waals surface area contributed by atoms with E-state index in [1.807, 2.05) is 31.2 Å². The third-order valence-corrected chi connectivity index (χ3v) is 5.87. The van der Waals surface area contributed by atoms with Gasteiger partial charge in [-0.05, 0) is 60.7 Å². The van der Waals surface area contributed by atoms with Crippen LogP contribution in [0.2, 0.25) is 0 Å².